The molecule has 0 aliphatic heterocycles. The highest BCUT2D eigenvalue weighted by Crippen LogP contribution is 2.35. The van der Waals surface area contributed by atoms with E-state index in [0.717, 1.165) is 18.8 Å². The molecule has 1 aromatic carbocycles. The Morgan fingerprint density at radius 3 is 2.84 bits per heavy atom. The smallest absolute Gasteiger partial charge is 0.119 e. The Balaban J connectivity index is 2.01. The van der Waals surface area contributed by atoms with Crippen molar-refractivity contribution in [3.63, 3.8) is 0 Å². The molecule has 0 saturated heterocycles. The molecule has 0 radical (unpaired) electrons. The summed E-state index contributed by atoms with van der Waals surface area (Å²) in [7, 11) is 3.67. The Kier molecular flexibility index (Phi) is 5.19. The minimum absolute atomic E-state index is 0.174. The fourth-order valence-corrected chi connectivity index (χ4v) is 2.61. The summed E-state index contributed by atoms with van der Waals surface area (Å²) in [6, 6.07) is 6.47. The van der Waals surface area contributed by atoms with E-state index in [1.165, 1.54) is 11.1 Å². The molecule has 2 rings (SSSR count). The Morgan fingerprint density at radius 1 is 1.32 bits per heavy atom. The maximum atomic E-state index is 5.94. The molecule has 1 N–H and O–H groups in total. The number of hydrogen-bond donors (Lipinski definition) is 1. The first kappa shape index (κ1) is 14.3. The number of rotatable bonds is 7. The van der Waals surface area contributed by atoms with Gasteiger partial charge in [0.2, 0.25) is 0 Å². The van der Waals surface area contributed by atoms with Crippen molar-refractivity contribution in [2.45, 2.75) is 25.5 Å². The predicted molar refractivity (Wildman–Crippen MR) is 74.7 cm³/mol. The molecule has 19 heavy (non-hydrogen) atoms. The lowest BCUT2D eigenvalue weighted by atomic mass is 10.1. The van der Waals surface area contributed by atoms with Crippen LogP contribution in [0.2, 0.25) is 0 Å². The van der Waals surface area contributed by atoms with Gasteiger partial charge in [-0.2, -0.15) is 0 Å². The van der Waals surface area contributed by atoms with Crippen molar-refractivity contribution in [3.05, 3.63) is 29.3 Å². The summed E-state index contributed by atoms with van der Waals surface area (Å²) in [6.07, 6.45) is 1.12. The van der Waals surface area contributed by atoms with Crippen LogP contribution in [0.25, 0.3) is 0 Å². The molecular formula is C15H23NO3. The molecule has 1 aromatic rings. The molecule has 2 unspecified atom stereocenters. The molecule has 4 heteroatoms. The molecule has 0 saturated carbocycles. The van der Waals surface area contributed by atoms with Gasteiger partial charge in [-0.25, -0.2) is 0 Å². The summed E-state index contributed by atoms with van der Waals surface area (Å²) in [5.41, 5.74) is 2.62. The van der Waals surface area contributed by atoms with E-state index in [2.05, 4.69) is 17.4 Å². The van der Waals surface area contributed by atoms with Crippen LogP contribution in [-0.2, 0) is 15.9 Å². The van der Waals surface area contributed by atoms with Crippen molar-refractivity contribution in [2.75, 3.05) is 34.0 Å². The van der Waals surface area contributed by atoms with Crippen LogP contribution in [0.3, 0.4) is 0 Å². The van der Waals surface area contributed by atoms with Crippen molar-refractivity contribution < 1.29 is 14.2 Å². The van der Waals surface area contributed by atoms with E-state index < -0.39 is 0 Å². The van der Waals surface area contributed by atoms with E-state index in [1.54, 1.807) is 7.11 Å². The summed E-state index contributed by atoms with van der Waals surface area (Å²) >= 11 is 0. The second-order valence-electron chi connectivity index (χ2n) is 4.64. The Bertz CT molecular complexity index is 408. The summed E-state index contributed by atoms with van der Waals surface area (Å²) in [5.74, 6) is 0.897. The van der Waals surface area contributed by atoms with Crippen molar-refractivity contribution in [1.29, 1.82) is 0 Å². The molecule has 0 spiro atoms. The first-order valence-electron chi connectivity index (χ1n) is 6.83. The minimum Gasteiger partial charge on any atom is -0.497 e. The van der Waals surface area contributed by atoms with Crippen LogP contribution in [0.15, 0.2) is 18.2 Å². The highest BCUT2D eigenvalue weighted by atomic mass is 16.5. The zero-order valence-electron chi connectivity index (χ0n) is 11.9. The third-order valence-corrected chi connectivity index (χ3v) is 3.56. The SMILES string of the molecule is CCOCCOC1Cc2ccc(OC)cc2C1NC. The summed E-state index contributed by atoms with van der Waals surface area (Å²) in [5, 5.41) is 3.34. The zero-order valence-corrected chi connectivity index (χ0v) is 11.9. The van der Waals surface area contributed by atoms with E-state index in [0.29, 0.717) is 13.2 Å². The largest absolute Gasteiger partial charge is 0.497 e. The average molecular weight is 265 g/mol. The highest BCUT2D eigenvalue weighted by molar-refractivity contribution is 5.42. The van der Waals surface area contributed by atoms with Crippen LogP contribution in [0.4, 0.5) is 0 Å². The Morgan fingerprint density at radius 2 is 2.16 bits per heavy atom. The lowest BCUT2D eigenvalue weighted by Crippen LogP contribution is -2.29. The fraction of sp³-hybridized carbons (Fsp3) is 0.600. The van der Waals surface area contributed by atoms with Gasteiger partial charge in [0.25, 0.3) is 0 Å². The van der Waals surface area contributed by atoms with Crippen LogP contribution in [0.1, 0.15) is 24.1 Å². The third kappa shape index (κ3) is 3.26. The minimum atomic E-state index is 0.174. The van der Waals surface area contributed by atoms with E-state index in [4.69, 9.17) is 14.2 Å². The number of methoxy groups -OCH3 is 1. The van der Waals surface area contributed by atoms with E-state index in [1.807, 2.05) is 20.0 Å². The molecule has 0 aromatic heterocycles. The maximum absolute atomic E-state index is 5.94. The van der Waals surface area contributed by atoms with Crippen LogP contribution in [0.5, 0.6) is 5.75 Å². The second-order valence-corrected chi connectivity index (χ2v) is 4.64. The molecular weight excluding hydrogens is 242 g/mol. The van der Waals surface area contributed by atoms with Crippen LogP contribution < -0.4 is 10.1 Å². The van der Waals surface area contributed by atoms with E-state index >= 15 is 0 Å². The quantitative estimate of drug-likeness (QED) is 0.765. The Labute approximate surface area is 115 Å². The van der Waals surface area contributed by atoms with Gasteiger partial charge in [0.05, 0.1) is 32.5 Å². The van der Waals surface area contributed by atoms with Crippen LogP contribution in [-0.4, -0.2) is 40.1 Å². The number of hydrogen-bond acceptors (Lipinski definition) is 4. The second kappa shape index (κ2) is 6.89. The van der Waals surface area contributed by atoms with E-state index in [-0.39, 0.29) is 12.1 Å². The van der Waals surface area contributed by atoms with Crippen LogP contribution in [0, 0.1) is 0 Å². The van der Waals surface area contributed by atoms with Gasteiger partial charge in [0.15, 0.2) is 0 Å². The predicted octanol–water partition coefficient (Wildman–Crippen LogP) is 1.93. The lowest BCUT2D eigenvalue weighted by molar-refractivity contribution is -0.00282. The highest BCUT2D eigenvalue weighted by Gasteiger charge is 2.32. The monoisotopic (exact) mass is 265 g/mol. The van der Waals surface area contributed by atoms with Gasteiger partial charge in [-0.15, -0.1) is 0 Å². The lowest BCUT2D eigenvalue weighted by Gasteiger charge is -2.20. The van der Waals surface area contributed by atoms with Gasteiger partial charge < -0.3 is 19.5 Å². The van der Waals surface area contributed by atoms with Crippen molar-refractivity contribution in [1.82, 2.24) is 5.32 Å². The molecule has 1 aliphatic rings. The van der Waals surface area contributed by atoms with E-state index in [9.17, 15) is 0 Å². The zero-order chi connectivity index (χ0) is 13.7. The van der Waals surface area contributed by atoms with Gasteiger partial charge >= 0.3 is 0 Å². The fourth-order valence-electron chi connectivity index (χ4n) is 2.61. The molecule has 0 heterocycles. The molecule has 0 fully saturated rings. The van der Waals surface area contributed by atoms with Crippen molar-refractivity contribution in [2.24, 2.45) is 0 Å². The molecule has 0 bridgehead atoms. The third-order valence-electron chi connectivity index (χ3n) is 3.56. The van der Waals surface area contributed by atoms with Crippen LogP contribution >= 0.6 is 0 Å². The summed E-state index contributed by atoms with van der Waals surface area (Å²) in [6.45, 7) is 4.03. The number of ether oxygens (including phenoxy) is 3. The van der Waals surface area contributed by atoms with Gasteiger partial charge in [0, 0.05) is 13.0 Å². The van der Waals surface area contributed by atoms with Crippen molar-refractivity contribution in [3.8, 4) is 5.75 Å². The van der Waals surface area contributed by atoms with Gasteiger partial charge in [0.1, 0.15) is 5.75 Å². The number of benzene rings is 1. The van der Waals surface area contributed by atoms with Gasteiger partial charge in [-0.3, -0.25) is 0 Å². The number of likely N-dealkylation sites (N-methyl/N-ethyl adjacent to an activating group) is 1. The molecule has 2 atom stereocenters. The van der Waals surface area contributed by atoms with Crippen molar-refractivity contribution >= 4 is 0 Å². The first-order valence-corrected chi connectivity index (χ1v) is 6.83. The average Bonchev–Trinajstić information content (AvgIpc) is 2.79. The normalized spacial score (nSPS) is 21.4. The summed E-state index contributed by atoms with van der Waals surface area (Å²) < 4.78 is 16.5. The molecule has 4 nitrogen and oxygen atoms in total. The Hall–Kier alpha value is -1.10. The standard InChI is InChI=1S/C15H23NO3/c1-4-18-7-8-19-14-9-11-5-6-12(17-3)10-13(11)15(14)16-2/h5-6,10,14-16H,4,7-9H2,1-3H3. The molecule has 0 amide bonds. The number of nitrogens with one attached hydrogen (secondary N) is 1. The van der Waals surface area contributed by atoms with Gasteiger partial charge in [-0.05, 0) is 37.2 Å². The maximum Gasteiger partial charge on any atom is 0.119 e. The molecule has 106 valence electrons. The number of fused-ring (bicyclic) bond motifs is 1. The first-order chi connectivity index (χ1) is 9.30. The topological polar surface area (TPSA) is 39.7 Å². The van der Waals surface area contributed by atoms with Gasteiger partial charge in [-0.1, -0.05) is 6.07 Å². The molecule has 1 aliphatic carbocycles. The summed E-state index contributed by atoms with van der Waals surface area (Å²) in [4.78, 5) is 0.